The Hall–Kier alpha value is -3.18. The molecule has 1 saturated heterocycles. The summed E-state index contributed by atoms with van der Waals surface area (Å²) in [5.41, 5.74) is 3.28. The predicted octanol–water partition coefficient (Wildman–Crippen LogP) is 4.26. The highest BCUT2D eigenvalue weighted by Gasteiger charge is 2.23. The van der Waals surface area contributed by atoms with Crippen LogP contribution in [0.15, 0.2) is 79.1 Å². The summed E-state index contributed by atoms with van der Waals surface area (Å²) in [6.07, 6.45) is 6.42. The maximum atomic E-state index is 13.1. The van der Waals surface area contributed by atoms with Crippen LogP contribution in [0.4, 0.5) is 0 Å². The Morgan fingerprint density at radius 2 is 1.84 bits per heavy atom. The molecule has 1 aliphatic heterocycles. The predicted molar refractivity (Wildman–Crippen MR) is 120 cm³/mol. The average Bonchev–Trinajstić information content (AvgIpc) is 3.32. The molecule has 1 aliphatic rings. The molecular weight excluding hydrogens is 388 g/mol. The molecule has 5 heteroatoms. The number of hydrogen-bond donors (Lipinski definition) is 0. The quantitative estimate of drug-likeness (QED) is 0.523. The molecule has 3 aromatic rings. The van der Waals surface area contributed by atoms with Crippen LogP contribution >= 0.6 is 0 Å². The molecule has 1 fully saturated rings. The van der Waals surface area contributed by atoms with Crippen molar-refractivity contribution in [1.29, 1.82) is 0 Å². The molecule has 4 rings (SSSR count). The van der Waals surface area contributed by atoms with Crippen LogP contribution in [0, 0.1) is 0 Å². The number of rotatable bonds is 9. The van der Waals surface area contributed by atoms with Gasteiger partial charge in [-0.3, -0.25) is 9.78 Å². The lowest BCUT2D eigenvalue weighted by Crippen LogP contribution is -2.39. The van der Waals surface area contributed by atoms with Gasteiger partial charge in [-0.05, 0) is 41.7 Å². The topological polar surface area (TPSA) is 51.7 Å². The SMILES string of the molecule is O=C(COc1ccccc1Cc1ccccc1)N(Cc1cccnc1)CC1CCCO1. The van der Waals surface area contributed by atoms with Crippen LogP contribution in [-0.2, 0) is 22.5 Å². The van der Waals surface area contributed by atoms with Crippen molar-refractivity contribution < 1.29 is 14.3 Å². The fourth-order valence-corrected chi connectivity index (χ4v) is 3.84. The van der Waals surface area contributed by atoms with E-state index in [0.29, 0.717) is 13.1 Å². The summed E-state index contributed by atoms with van der Waals surface area (Å²) in [6.45, 7) is 1.84. The Morgan fingerprint density at radius 3 is 2.61 bits per heavy atom. The van der Waals surface area contributed by atoms with E-state index in [1.165, 1.54) is 5.56 Å². The van der Waals surface area contributed by atoms with Crippen LogP contribution in [-0.4, -0.2) is 41.7 Å². The van der Waals surface area contributed by atoms with Gasteiger partial charge >= 0.3 is 0 Å². The summed E-state index contributed by atoms with van der Waals surface area (Å²) in [5.74, 6) is 0.701. The van der Waals surface area contributed by atoms with Gasteiger partial charge in [0.2, 0.25) is 0 Å². The molecule has 0 bridgehead atoms. The lowest BCUT2D eigenvalue weighted by Gasteiger charge is -2.26. The van der Waals surface area contributed by atoms with Gasteiger partial charge in [0.1, 0.15) is 5.75 Å². The zero-order chi connectivity index (χ0) is 21.3. The van der Waals surface area contributed by atoms with Crippen molar-refractivity contribution in [2.75, 3.05) is 19.8 Å². The first-order valence-electron chi connectivity index (χ1n) is 10.8. The molecule has 1 atom stereocenters. The van der Waals surface area contributed by atoms with Gasteiger partial charge < -0.3 is 14.4 Å². The first-order chi connectivity index (χ1) is 15.3. The zero-order valence-electron chi connectivity index (χ0n) is 17.7. The van der Waals surface area contributed by atoms with E-state index in [-0.39, 0.29) is 18.6 Å². The van der Waals surface area contributed by atoms with Gasteiger partial charge in [-0.2, -0.15) is 0 Å². The number of hydrogen-bond acceptors (Lipinski definition) is 4. The second kappa shape index (κ2) is 10.7. The van der Waals surface area contributed by atoms with Gasteiger partial charge in [-0.1, -0.05) is 54.6 Å². The van der Waals surface area contributed by atoms with Gasteiger partial charge in [0.15, 0.2) is 6.61 Å². The van der Waals surface area contributed by atoms with E-state index < -0.39 is 0 Å². The standard InChI is InChI=1S/C26H28N2O3/c29-26(28(19-24-12-7-15-30-24)18-22-10-6-14-27-17-22)20-31-25-13-5-4-11-23(25)16-21-8-2-1-3-9-21/h1-6,8-11,13-14,17,24H,7,12,15-16,18-20H2. The molecule has 0 N–H and O–H groups in total. The van der Waals surface area contributed by atoms with Gasteiger partial charge in [0.25, 0.3) is 5.91 Å². The van der Waals surface area contributed by atoms with Crippen LogP contribution in [0.5, 0.6) is 5.75 Å². The van der Waals surface area contributed by atoms with Gasteiger partial charge in [-0.15, -0.1) is 0 Å². The van der Waals surface area contributed by atoms with Crippen LogP contribution in [0.3, 0.4) is 0 Å². The fraction of sp³-hybridized carbons (Fsp3) is 0.308. The van der Waals surface area contributed by atoms with Crippen molar-refractivity contribution in [3.8, 4) is 5.75 Å². The number of ether oxygens (including phenoxy) is 2. The summed E-state index contributed by atoms with van der Waals surface area (Å²) in [5, 5.41) is 0. The minimum Gasteiger partial charge on any atom is -0.483 e. The number of benzene rings is 2. The highest BCUT2D eigenvalue weighted by molar-refractivity contribution is 5.78. The third-order valence-electron chi connectivity index (χ3n) is 5.46. The normalized spacial score (nSPS) is 15.5. The molecule has 160 valence electrons. The molecule has 0 saturated carbocycles. The summed E-state index contributed by atoms with van der Waals surface area (Å²) < 4.78 is 11.8. The zero-order valence-corrected chi connectivity index (χ0v) is 17.7. The largest absolute Gasteiger partial charge is 0.483 e. The van der Waals surface area contributed by atoms with E-state index in [0.717, 1.165) is 42.7 Å². The summed E-state index contributed by atoms with van der Waals surface area (Å²) in [4.78, 5) is 19.1. The van der Waals surface area contributed by atoms with Crippen LogP contribution in [0.2, 0.25) is 0 Å². The third kappa shape index (κ3) is 6.15. The van der Waals surface area contributed by atoms with Gasteiger partial charge in [0, 0.05) is 38.5 Å². The van der Waals surface area contributed by atoms with Crippen molar-refractivity contribution in [1.82, 2.24) is 9.88 Å². The minimum absolute atomic E-state index is 0.00121. The maximum absolute atomic E-state index is 13.1. The first-order valence-corrected chi connectivity index (χ1v) is 10.8. The van der Waals surface area contributed by atoms with Gasteiger partial charge in [0.05, 0.1) is 6.10 Å². The maximum Gasteiger partial charge on any atom is 0.260 e. The molecule has 5 nitrogen and oxygen atoms in total. The Balaban J connectivity index is 1.42. The van der Waals surface area contributed by atoms with E-state index in [1.54, 1.807) is 12.4 Å². The number of carbonyl (C=O) groups excluding carboxylic acids is 1. The van der Waals surface area contributed by atoms with E-state index in [2.05, 4.69) is 17.1 Å². The Bertz CT molecular complexity index is 957. The number of pyridine rings is 1. The summed E-state index contributed by atoms with van der Waals surface area (Å²) in [6, 6.07) is 22.1. The molecule has 1 aromatic heterocycles. The highest BCUT2D eigenvalue weighted by atomic mass is 16.5. The molecule has 0 radical (unpaired) electrons. The number of carbonyl (C=O) groups is 1. The number of nitrogens with zero attached hydrogens (tertiary/aromatic N) is 2. The summed E-state index contributed by atoms with van der Waals surface area (Å²) >= 11 is 0. The Kier molecular flexibility index (Phi) is 7.29. The Labute approximate surface area is 183 Å². The van der Waals surface area contributed by atoms with Crippen LogP contribution in [0.1, 0.15) is 29.5 Å². The van der Waals surface area contributed by atoms with Crippen molar-refractivity contribution >= 4 is 5.91 Å². The minimum atomic E-state index is -0.0473. The highest BCUT2D eigenvalue weighted by Crippen LogP contribution is 2.22. The molecule has 2 aromatic carbocycles. The number of amides is 1. The van der Waals surface area contributed by atoms with Crippen molar-refractivity contribution in [3.63, 3.8) is 0 Å². The second-order valence-electron chi connectivity index (χ2n) is 7.83. The van der Waals surface area contributed by atoms with E-state index in [4.69, 9.17) is 9.47 Å². The van der Waals surface area contributed by atoms with Crippen LogP contribution in [0.25, 0.3) is 0 Å². The van der Waals surface area contributed by atoms with E-state index in [1.807, 2.05) is 59.5 Å². The average molecular weight is 417 g/mol. The molecule has 1 unspecified atom stereocenters. The molecule has 0 spiro atoms. The van der Waals surface area contributed by atoms with Crippen molar-refractivity contribution in [2.45, 2.75) is 31.9 Å². The van der Waals surface area contributed by atoms with Crippen LogP contribution < -0.4 is 4.74 Å². The van der Waals surface area contributed by atoms with E-state index in [9.17, 15) is 4.79 Å². The molecule has 31 heavy (non-hydrogen) atoms. The molecule has 1 amide bonds. The number of para-hydroxylation sites is 1. The van der Waals surface area contributed by atoms with Crippen molar-refractivity contribution in [3.05, 3.63) is 95.8 Å². The Morgan fingerprint density at radius 1 is 1.03 bits per heavy atom. The van der Waals surface area contributed by atoms with Gasteiger partial charge in [-0.25, -0.2) is 0 Å². The second-order valence-corrected chi connectivity index (χ2v) is 7.83. The fourth-order valence-electron chi connectivity index (χ4n) is 3.84. The summed E-state index contributed by atoms with van der Waals surface area (Å²) in [7, 11) is 0. The lowest BCUT2D eigenvalue weighted by molar-refractivity contribution is -0.135. The van der Waals surface area contributed by atoms with Crippen molar-refractivity contribution in [2.24, 2.45) is 0 Å². The molecule has 0 aliphatic carbocycles. The lowest BCUT2D eigenvalue weighted by atomic mass is 10.0. The monoisotopic (exact) mass is 416 g/mol. The molecule has 2 heterocycles. The van der Waals surface area contributed by atoms with E-state index >= 15 is 0 Å². The first kappa shape index (κ1) is 21.1. The molecular formula is C26H28N2O3. The smallest absolute Gasteiger partial charge is 0.260 e. The third-order valence-corrected chi connectivity index (χ3v) is 5.46. The number of aromatic nitrogens is 1.